The molecule has 1 aromatic carbocycles. The number of ether oxygens (including phenoxy) is 1. The van der Waals surface area contributed by atoms with E-state index in [-0.39, 0.29) is 6.03 Å². The van der Waals surface area contributed by atoms with E-state index in [9.17, 15) is 4.79 Å². The molecule has 1 saturated heterocycles. The van der Waals surface area contributed by atoms with Gasteiger partial charge in [-0.1, -0.05) is 23.7 Å². The second-order valence-electron chi connectivity index (χ2n) is 6.16. The summed E-state index contributed by atoms with van der Waals surface area (Å²) in [5, 5.41) is 3.44. The van der Waals surface area contributed by atoms with Crippen molar-refractivity contribution in [2.45, 2.75) is 19.3 Å². The van der Waals surface area contributed by atoms with Crippen LogP contribution < -0.4 is 10.1 Å². The second kappa shape index (κ2) is 8.72. The fraction of sp³-hybridized carbons (Fsp3) is 0.368. The number of halogens is 1. The molecule has 132 valence electrons. The second-order valence-corrected chi connectivity index (χ2v) is 6.57. The summed E-state index contributed by atoms with van der Waals surface area (Å²) in [6.45, 7) is 2.22. The predicted molar refractivity (Wildman–Crippen MR) is 99.1 cm³/mol. The van der Waals surface area contributed by atoms with Gasteiger partial charge in [-0.3, -0.25) is 4.98 Å². The number of urea groups is 1. The number of rotatable bonds is 5. The number of hydrogen-bond acceptors (Lipinski definition) is 3. The van der Waals surface area contributed by atoms with Crippen LogP contribution in [0.1, 0.15) is 19.3 Å². The van der Waals surface area contributed by atoms with Gasteiger partial charge in [0.2, 0.25) is 0 Å². The third-order valence-electron chi connectivity index (χ3n) is 4.46. The van der Waals surface area contributed by atoms with Crippen LogP contribution >= 0.6 is 11.6 Å². The summed E-state index contributed by atoms with van der Waals surface area (Å²) in [7, 11) is 0. The van der Waals surface area contributed by atoms with Crippen LogP contribution in [0.2, 0.25) is 5.02 Å². The highest BCUT2D eigenvalue weighted by Crippen LogP contribution is 2.24. The molecule has 2 amide bonds. The van der Waals surface area contributed by atoms with E-state index in [1.807, 2.05) is 35.2 Å². The number of piperidine rings is 1. The zero-order chi connectivity index (χ0) is 17.5. The molecule has 1 fully saturated rings. The number of benzene rings is 1. The molecule has 5 nitrogen and oxygen atoms in total. The number of nitrogens with one attached hydrogen (secondary N) is 1. The molecule has 0 saturated carbocycles. The smallest absolute Gasteiger partial charge is 0.321 e. The van der Waals surface area contributed by atoms with Crippen LogP contribution in [0.15, 0.2) is 48.8 Å². The van der Waals surface area contributed by atoms with Gasteiger partial charge in [0.1, 0.15) is 5.75 Å². The summed E-state index contributed by atoms with van der Waals surface area (Å²) < 4.78 is 5.73. The Labute approximate surface area is 153 Å². The van der Waals surface area contributed by atoms with Crippen molar-refractivity contribution >= 4 is 23.3 Å². The standard InChI is InChI=1S/C19H22ClN3O2/c20-17-3-1-2-4-18(17)22-19(24)23-12-7-15(8-13-23)9-14-25-16-5-10-21-11-6-16/h1-6,10-11,15H,7-9,12-14H2,(H,22,24). The molecule has 25 heavy (non-hydrogen) atoms. The molecule has 6 heteroatoms. The van der Waals surface area contributed by atoms with Gasteiger partial charge >= 0.3 is 6.03 Å². The van der Waals surface area contributed by atoms with E-state index in [2.05, 4.69) is 10.3 Å². The molecule has 0 bridgehead atoms. The van der Waals surface area contributed by atoms with E-state index in [0.29, 0.717) is 23.2 Å². The van der Waals surface area contributed by atoms with Crippen molar-refractivity contribution in [2.75, 3.05) is 25.0 Å². The van der Waals surface area contributed by atoms with Crippen LogP contribution in [-0.2, 0) is 0 Å². The first kappa shape index (κ1) is 17.5. The minimum Gasteiger partial charge on any atom is -0.493 e. The van der Waals surface area contributed by atoms with Crippen molar-refractivity contribution in [1.82, 2.24) is 9.88 Å². The Hall–Kier alpha value is -2.27. The number of carbonyl (C=O) groups is 1. The zero-order valence-corrected chi connectivity index (χ0v) is 14.8. The maximum Gasteiger partial charge on any atom is 0.321 e. The average molecular weight is 360 g/mol. The lowest BCUT2D eigenvalue weighted by molar-refractivity contribution is 0.170. The van der Waals surface area contributed by atoms with Gasteiger partial charge in [-0.25, -0.2) is 4.79 Å². The van der Waals surface area contributed by atoms with Gasteiger partial charge in [-0.15, -0.1) is 0 Å². The van der Waals surface area contributed by atoms with Crippen LogP contribution in [-0.4, -0.2) is 35.6 Å². The van der Waals surface area contributed by atoms with Crippen LogP contribution in [0.5, 0.6) is 5.75 Å². The Morgan fingerprint density at radius 1 is 1.20 bits per heavy atom. The highest BCUT2D eigenvalue weighted by molar-refractivity contribution is 6.33. The minimum atomic E-state index is -0.0837. The predicted octanol–water partition coefficient (Wildman–Crippen LogP) is 4.45. The molecule has 2 heterocycles. The van der Waals surface area contributed by atoms with Gasteiger partial charge in [0.05, 0.1) is 17.3 Å². The van der Waals surface area contributed by atoms with Crippen LogP contribution in [0.4, 0.5) is 10.5 Å². The van der Waals surface area contributed by atoms with Crippen LogP contribution in [0.25, 0.3) is 0 Å². The van der Waals surface area contributed by atoms with E-state index in [1.54, 1.807) is 18.5 Å². The van der Waals surface area contributed by atoms with Crippen molar-refractivity contribution in [2.24, 2.45) is 5.92 Å². The summed E-state index contributed by atoms with van der Waals surface area (Å²) in [4.78, 5) is 18.2. The molecule has 0 spiro atoms. The van der Waals surface area contributed by atoms with Crippen molar-refractivity contribution in [3.05, 3.63) is 53.8 Å². The Balaban J connectivity index is 1.39. The molecule has 0 atom stereocenters. The number of likely N-dealkylation sites (tertiary alicyclic amines) is 1. The van der Waals surface area contributed by atoms with E-state index in [1.165, 1.54) is 0 Å². The molecule has 0 aliphatic carbocycles. The van der Waals surface area contributed by atoms with Gasteiger partial charge in [-0.2, -0.15) is 0 Å². The quantitative estimate of drug-likeness (QED) is 0.858. The minimum absolute atomic E-state index is 0.0837. The summed E-state index contributed by atoms with van der Waals surface area (Å²) >= 11 is 6.09. The van der Waals surface area contributed by atoms with Crippen molar-refractivity contribution in [3.63, 3.8) is 0 Å². The number of para-hydroxylation sites is 1. The fourth-order valence-corrected chi connectivity index (χ4v) is 3.14. The Kier molecular flexibility index (Phi) is 6.12. The molecular weight excluding hydrogens is 338 g/mol. The van der Waals surface area contributed by atoms with Crippen molar-refractivity contribution in [3.8, 4) is 5.75 Å². The maximum atomic E-state index is 12.4. The monoisotopic (exact) mass is 359 g/mol. The Bertz CT molecular complexity index is 688. The molecule has 0 unspecified atom stereocenters. The van der Waals surface area contributed by atoms with Gasteiger partial charge < -0.3 is 15.0 Å². The number of hydrogen-bond donors (Lipinski definition) is 1. The average Bonchev–Trinajstić information content (AvgIpc) is 2.65. The number of amides is 2. The Morgan fingerprint density at radius 3 is 2.64 bits per heavy atom. The molecule has 2 aromatic rings. The summed E-state index contributed by atoms with van der Waals surface area (Å²) in [6.07, 6.45) is 6.45. The van der Waals surface area contributed by atoms with Crippen LogP contribution in [0.3, 0.4) is 0 Å². The third-order valence-corrected chi connectivity index (χ3v) is 4.79. The lowest BCUT2D eigenvalue weighted by Gasteiger charge is -2.32. The van der Waals surface area contributed by atoms with E-state index in [0.717, 1.165) is 38.1 Å². The van der Waals surface area contributed by atoms with Gasteiger partial charge in [0.25, 0.3) is 0 Å². The van der Waals surface area contributed by atoms with Gasteiger partial charge in [0, 0.05) is 25.5 Å². The largest absolute Gasteiger partial charge is 0.493 e. The molecule has 3 rings (SSSR count). The van der Waals surface area contributed by atoms with Crippen LogP contribution in [0, 0.1) is 5.92 Å². The lowest BCUT2D eigenvalue weighted by atomic mass is 9.94. The van der Waals surface area contributed by atoms with E-state index < -0.39 is 0 Å². The number of pyridine rings is 1. The normalized spacial score (nSPS) is 15.0. The first-order chi connectivity index (χ1) is 12.2. The number of anilines is 1. The molecule has 1 N–H and O–H groups in total. The van der Waals surface area contributed by atoms with Gasteiger partial charge in [-0.05, 0) is 49.4 Å². The van der Waals surface area contributed by atoms with Crippen molar-refractivity contribution in [1.29, 1.82) is 0 Å². The van der Waals surface area contributed by atoms with E-state index >= 15 is 0 Å². The summed E-state index contributed by atoms with van der Waals surface area (Å²) in [6, 6.07) is 10.9. The SMILES string of the molecule is O=C(Nc1ccccc1Cl)N1CCC(CCOc2ccncc2)CC1. The topological polar surface area (TPSA) is 54.5 Å². The van der Waals surface area contributed by atoms with Crippen molar-refractivity contribution < 1.29 is 9.53 Å². The molecule has 0 radical (unpaired) electrons. The number of nitrogens with zero attached hydrogens (tertiary/aromatic N) is 2. The Morgan fingerprint density at radius 2 is 1.92 bits per heavy atom. The highest BCUT2D eigenvalue weighted by atomic mass is 35.5. The van der Waals surface area contributed by atoms with E-state index in [4.69, 9.17) is 16.3 Å². The highest BCUT2D eigenvalue weighted by Gasteiger charge is 2.23. The molecular formula is C19H22ClN3O2. The number of aromatic nitrogens is 1. The first-order valence-corrected chi connectivity index (χ1v) is 8.93. The van der Waals surface area contributed by atoms with Gasteiger partial charge in [0.15, 0.2) is 0 Å². The molecule has 1 aliphatic heterocycles. The summed E-state index contributed by atoms with van der Waals surface area (Å²) in [5.41, 5.74) is 0.655. The molecule has 1 aromatic heterocycles. The molecule has 1 aliphatic rings. The number of carbonyl (C=O) groups excluding carboxylic acids is 1. The maximum absolute atomic E-state index is 12.4. The lowest BCUT2D eigenvalue weighted by Crippen LogP contribution is -2.41. The first-order valence-electron chi connectivity index (χ1n) is 8.55. The third kappa shape index (κ3) is 5.10. The fourth-order valence-electron chi connectivity index (χ4n) is 2.96. The zero-order valence-electron chi connectivity index (χ0n) is 14.0. The summed E-state index contributed by atoms with van der Waals surface area (Å²) in [5.74, 6) is 1.44.